The van der Waals surface area contributed by atoms with E-state index in [1.54, 1.807) is 12.1 Å². The number of nitrogens with one attached hydrogen (secondary N) is 2. The van der Waals surface area contributed by atoms with E-state index in [1.165, 1.54) is 28.6 Å². The fourth-order valence-corrected chi connectivity index (χ4v) is 4.97. The van der Waals surface area contributed by atoms with Crippen molar-refractivity contribution in [3.8, 4) is 0 Å². The molecule has 1 aliphatic carbocycles. The number of hydrogen-bond acceptors (Lipinski definition) is 4. The van der Waals surface area contributed by atoms with Gasteiger partial charge in [-0.05, 0) is 67.6 Å². The lowest BCUT2D eigenvalue weighted by Gasteiger charge is -2.15. The van der Waals surface area contributed by atoms with Gasteiger partial charge in [0, 0.05) is 30.4 Å². The molecule has 2 amide bonds. The van der Waals surface area contributed by atoms with Crippen LogP contribution in [0.25, 0.3) is 0 Å². The monoisotopic (exact) mass is 427 g/mol. The molecule has 4 rings (SSSR count). The third-order valence-corrected chi connectivity index (χ3v) is 7.25. The van der Waals surface area contributed by atoms with Crippen molar-refractivity contribution in [3.63, 3.8) is 0 Å². The first-order valence-corrected chi connectivity index (χ1v) is 11.7. The van der Waals surface area contributed by atoms with Crippen LogP contribution in [0.4, 0.5) is 5.69 Å². The molecule has 2 aliphatic rings. The molecule has 1 heterocycles. The smallest absolute Gasteiger partial charge is 0.255 e. The maximum Gasteiger partial charge on any atom is 0.255 e. The van der Waals surface area contributed by atoms with E-state index in [0.29, 0.717) is 36.8 Å². The molecule has 1 saturated heterocycles. The Balaban J connectivity index is 1.35. The van der Waals surface area contributed by atoms with E-state index in [9.17, 15) is 18.0 Å². The summed E-state index contributed by atoms with van der Waals surface area (Å²) in [6, 6.07) is 13.5. The lowest BCUT2D eigenvalue weighted by atomic mass is 10.1. The van der Waals surface area contributed by atoms with Gasteiger partial charge in [-0.25, -0.2) is 8.42 Å². The molecule has 2 aromatic carbocycles. The van der Waals surface area contributed by atoms with E-state index in [1.807, 2.05) is 12.1 Å². The Hall–Kier alpha value is -2.71. The topological polar surface area (TPSA) is 95.6 Å². The number of carbonyl (C=O) groups is 2. The average molecular weight is 428 g/mol. The largest absolute Gasteiger partial charge is 0.353 e. The Labute approximate surface area is 176 Å². The fourth-order valence-electron chi connectivity index (χ4n) is 3.46. The number of hydrogen-bond donors (Lipinski definition) is 2. The molecular formula is C22H25N3O4S. The van der Waals surface area contributed by atoms with Gasteiger partial charge < -0.3 is 10.6 Å². The van der Waals surface area contributed by atoms with E-state index >= 15 is 0 Å². The molecule has 2 N–H and O–H groups in total. The van der Waals surface area contributed by atoms with Crippen LogP contribution in [0.3, 0.4) is 0 Å². The molecule has 0 spiro atoms. The van der Waals surface area contributed by atoms with Gasteiger partial charge in [-0.1, -0.05) is 12.1 Å². The van der Waals surface area contributed by atoms with Gasteiger partial charge in [0.25, 0.3) is 5.91 Å². The molecule has 30 heavy (non-hydrogen) atoms. The lowest BCUT2D eigenvalue weighted by Crippen LogP contribution is -2.27. The number of rotatable bonds is 7. The molecule has 1 aliphatic heterocycles. The van der Waals surface area contributed by atoms with Crippen LogP contribution < -0.4 is 10.6 Å². The first-order chi connectivity index (χ1) is 14.4. The Morgan fingerprint density at radius 1 is 0.933 bits per heavy atom. The Bertz CT molecular complexity index is 1020. The predicted molar refractivity (Wildman–Crippen MR) is 114 cm³/mol. The zero-order valence-corrected chi connectivity index (χ0v) is 17.5. The highest BCUT2D eigenvalue weighted by Crippen LogP contribution is 2.22. The number of amides is 2. The van der Waals surface area contributed by atoms with Crippen LogP contribution in [0.15, 0.2) is 53.4 Å². The molecule has 1 saturated carbocycles. The highest BCUT2D eigenvalue weighted by molar-refractivity contribution is 7.89. The SMILES string of the molecule is O=C(Cc1ccc(NC(=O)c2ccc(S(=O)(=O)N3CCCC3)cc2)cc1)NC1CC1. The zero-order chi connectivity index (χ0) is 21.1. The number of carbonyl (C=O) groups excluding carboxylic acids is 2. The van der Waals surface area contributed by atoms with Crippen molar-refractivity contribution >= 4 is 27.5 Å². The third kappa shape index (κ3) is 4.88. The van der Waals surface area contributed by atoms with Crippen molar-refractivity contribution in [2.75, 3.05) is 18.4 Å². The Morgan fingerprint density at radius 2 is 1.57 bits per heavy atom. The Morgan fingerprint density at radius 3 is 2.17 bits per heavy atom. The van der Waals surface area contributed by atoms with Crippen molar-refractivity contribution in [2.45, 2.75) is 43.0 Å². The summed E-state index contributed by atoms with van der Waals surface area (Å²) in [6.45, 7) is 1.09. The predicted octanol–water partition coefficient (Wildman–Crippen LogP) is 2.54. The summed E-state index contributed by atoms with van der Waals surface area (Å²) < 4.78 is 26.6. The van der Waals surface area contributed by atoms with Crippen LogP contribution in [-0.2, 0) is 21.2 Å². The molecule has 2 fully saturated rings. The second kappa shape index (κ2) is 8.57. The fraction of sp³-hybridized carbons (Fsp3) is 0.364. The summed E-state index contributed by atoms with van der Waals surface area (Å²) in [5.74, 6) is -0.308. The maximum absolute atomic E-state index is 12.6. The van der Waals surface area contributed by atoms with Gasteiger partial charge in [-0.2, -0.15) is 4.31 Å². The summed E-state index contributed by atoms with van der Waals surface area (Å²) >= 11 is 0. The van der Waals surface area contributed by atoms with Crippen molar-refractivity contribution in [2.24, 2.45) is 0 Å². The van der Waals surface area contributed by atoms with E-state index in [4.69, 9.17) is 0 Å². The van der Waals surface area contributed by atoms with Gasteiger partial charge in [0.15, 0.2) is 0 Å². The first-order valence-electron chi connectivity index (χ1n) is 10.2. The van der Waals surface area contributed by atoms with Crippen molar-refractivity contribution in [3.05, 3.63) is 59.7 Å². The van der Waals surface area contributed by atoms with E-state index in [2.05, 4.69) is 10.6 Å². The highest BCUT2D eigenvalue weighted by atomic mass is 32.2. The van der Waals surface area contributed by atoms with Crippen LogP contribution in [-0.4, -0.2) is 43.7 Å². The number of nitrogens with zero attached hydrogens (tertiary/aromatic N) is 1. The number of benzene rings is 2. The van der Waals surface area contributed by atoms with Gasteiger partial charge >= 0.3 is 0 Å². The lowest BCUT2D eigenvalue weighted by molar-refractivity contribution is -0.120. The number of anilines is 1. The van der Waals surface area contributed by atoms with Gasteiger partial charge in [-0.15, -0.1) is 0 Å². The van der Waals surface area contributed by atoms with Crippen LogP contribution in [0, 0.1) is 0 Å². The third-order valence-electron chi connectivity index (χ3n) is 5.34. The summed E-state index contributed by atoms with van der Waals surface area (Å²) in [5.41, 5.74) is 1.87. The summed E-state index contributed by atoms with van der Waals surface area (Å²) in [4.78, 5) is 24.6. The molecule has 0 atom stereocenters. The van der Waals surface area contributed by atoms with Crippen molar-refractivity contribution in [1.82, 2.24) is 9.62 Å². The summed E-state index contributed by atoms with van der Waals surface area (Å²) in [5, 5.41) is 5.74. The van der Waals surface area contributed by atoms with Gasteiger partial charge in [0.05, 0.1) is 11.3 Å². The van der Waals surface area contributed by atoms with E-state index in [-0.39, 0.29) is 16.7 Å². The summed E-state index contributed by atoms with van der Waals surface area (Å²) in [6.07, 6.45) is 4.19. The molecule has 7 nitrogen and oxygen atoms in total. The summed E-state index contributed by atoms with van der Waals surface area (Å²) in [7, 11) is -3.49. The first kappa shape index (κ1) is 20.6. The second-order valence-corrected chi connectivity index (χ2v) is 9.74. The normalized spacial score (nSPS) is 16.9. The van der Waals surface area contributed by atoms with Gasteiger partial charge in [0.2, 0.25) is 15.9 Å². The molecule has 0 bridgehead atoms. The quantitative estimate of drug-likeness (QED) is 0.710. The maximum atomic E-state index is 12.6. The molecule has 8 heteroatoms. The minimum absolute atomic E-state index is 0.0123. The highest BCUT2D eigenvalue weighted by Gasteiger charge is 2.27. The Kier molecular flexibility index (Phi) is 5.87. The number of sulfonamides is 1. The van der Waals surface area contributed by atoms with E-state index in [0.717, 1.165) is 31.2 Å². The minimum atomic E-state index is -3.49. The van der Waals surface area contributed by atoms with E-state index < -0.39 is 10.0 Å². The van der Waals surface area contributed by atoms with Gasteiger partial charge in [0.1, 0.15) is 0 Å². The van der Waals surface area contributed by atoms with Crippen molar-refractivity contribution in [1.29, 1.82) is 0 Å². The van der Waals surface area contributed by atoms with Crippen molar-refractivity contribution < 1.29 is 18.0 Å². The van der Waals surface area contributed by atoms with Gasteiger partial charge in [-0.3, -0.25) is 9.59 Å². The minimum Gasteiger partial charge on any atom is -0.353 e. The molecule has 158 valence electrons. The average Bonchev–Trinajstić information content (AvgIpc) is 3.36. The molecule has 0 unspecified atom stereocenters. The van der Waals surface area contributed by atoms with Crippen LogP contribution in [0.5, 0.6) is 0 Å². The molecule has 2 aromatic rings. The molecule has 0 radical (unpaired) electrons. The van der Waals surface area contributed by atoms with Crippen LogP contribution in [0.2, 0.25) is 0 Å². The molecular weight excluding hydrogens is 402 g/mol. The van der Waals surface area contributed by atoms with Crippen LogP contribution in [0.1, 0.15) is 41.6 Å². The molecule has 0 aromatic heterocycles. The second-order valence-electron chi connectivity index (χ2n) is 7.81. The van der Waals surface area contributed by atoms with Crippen LogP contribution >= 0.6 is 0 Å². The zero-order valence-electron chi connectivity index (χ0n) is 16.6. The standard InChI is InChI=1S/C22H25N3O4S/c26-21(23-18-9-10-18)15-16-3-7-19(8-4-16)24-22(27)17-5-11-20(12-6-17)30(28,29)25-13-1-2-14-25/h3-8,11-12,18H,1-2,9-10,13-15H2,(H,23,26)(H,24,27).